The molecule has 174 valence electrons. The summed E-state index contributed by atoms with van der Waals surface area (Å²) in [7, 11) is 0. The number of nitrogens with one attached hydrogen (secondary N) is 2. The number of carbonyl (C=O) groups excluding carboxylic acids is 1. The smallest absolute Gasteiger partial charge is 0.255 e. The van der Waals surface area contributed by atoms with Crippen LogP contribution in [-0.2, 0) is 17.6 Å². The van der Waals surface area contributed by atoms with E-state index in [2.05, 4.69) is 51.5 Å². The van der Waals surface area contributed by atoms with Gasteiger partial charge in [-0.3, -0.25) is 14.6 Å². The van der Waals surface area contributed by atoms with Gasteiger partial charge in [0.15, 0.2) is 5.16 Å². The van der Waals surface area contributed by atoms with Crippen LogP contribution in [0.2, 0.25) is 0 Å². The molecule has 0 aliphatic carbocycles. The Morgan fingerprint density at radius 2 is 1.70 bits per heavy atom. The highest BCUT2D eigenvalue weighted by molar-refractivity contribution is 7.99. The van der Waals surface area contributed by atoms with Gasteiger partial charge in [-0.2, -0.15) is 0 Å². The standard InChI is InChI=1S/C26H32N4O2S/c1-19-8-11-21(12-9-19)7-5-3-4-6-14-27-24(31)18-33-26-29-17-23(25(32)30-26)15-22-13-10-20(2)28-16-22/h8-13,16-17H,3-7,14-15,18H2,1-2H3,(H,27,31)(H,29,30,32). The number of unbranched alkanes of at least 4 members (excludes halogenated alkanes) is 3. The third-order valence-corrected chi connectivity index (χ3v) is 6.28. The van der Waals surface area contributed by atoms with Gasteiger partial charge in [0.05, 0.1) is 5.75 Å². The van der Waals surface area contributed by atoms with Crippen molar-refractivity contribution >= 4 is 17.7 Å². The maximum Gasteiger partial charge on any atom is 0.255 e. The first-order valence-electron chi connectivity index (χ1n) is 11.4. The van der Waals surface area contributed by atoms with Crippen molar-refractivity contribution in [2.24, 2.45) is 0 Å². The molecule has 0 spiro atoms. The molecule has 0 bridgehead atoms. The molecule has 6 nitrogen and oxygen atoms in total. The zero-order chi connectivity index (χ0) is 23.5. The molecule has 3 aromatic rings. The lowest BCUT2D eigenvalue weighted by molar-refractivity contribution is -0.118. The van der Waals surface area contributed by atoms with Gasteiger partial charge >= 0.3 is 0 Å². The quantitative estimate of drug-likeness (QED) is 0.236. The molecule has 0 aliphatic heterocycles. The molecular weight excluding hydrogens is 432 g/mol. The first-order valence-corrected chi connectivity index (χ1v) is 12.4. The first kappa shape index (κ1) is 24.7. The lowest BCUT2D eigenvalue weighted by Gasteiger charge is -2.06. The fourth-order valence-corrected chi connectivity index (χ4v) is 4.06. The summed E-state index contributed by atoms with van der Waals surface area (Å²) in [6.07, 6.45) is 9.34. The predicted molar refractivity (Wildman–Crippen MR) is 134 cm³/mol. The van der Waals surface area contributed by atoms with Crippen LogP contribution in [0, 0.1) is 13.8 Å². The number of pyridine rings is 1. The number of thioether (sulfide) groups is 1. The zero-order valence-electron chi connectivity index (χ0n) is 19.4. The minimum atomic E-state index is -0.181. The van der Waals surface area contributed by atoms with Crippen molar-refractivity contribution < 1.29 is 4.79 Å². The van der Waals surface area contributed by atoms with E-state index in [1.54, 1.807) is 12.4 Å². The Hall–Kier alpha value is -2.93. The summed E-state index contributed by atoms with van der Waals surface area (Å²) in [5.41, 5.74) is 4.98. The molecule has 1 amide bonds. The molecule has 0 saturated carbocycles. The van der Waals surface area contributed by atoms with Crippen LogP contribution in [0.4, 0.5) is 0 Å². The zero-order valence-corrected chi connectivity index (χ0v) is 20.2. The van der Waals surface area contributed by atoms with Crippen LogP contribution in [0.25, 0.3) is 0 Å². The normalized spacial score (nSPS) is 10.8. The number of rotatable bonds is 12. The molecule has 2 N–H and O–H groups in total. The van der Waals surface area contributed by atoms with E-state index in [0.29, 0.717) is 23.7 Å². The van der Waals surface area contributed by atoms with Gasteiger partial charge in [0.25, 0.3) is 5.56 Å². The van der Waals surface area contributed by atoms with Gasteiger partial charge in [-0.05, 0) is 50.3 Å². The summed E-state index contributed by atoms with van der Waals surface area (Å²) in [5, 5.41) is 3.40. The van der Waals surface area contributed by atoms with E-state index in [1.807, 2.05) is 19.1 Å². The molecular formula is C26H32N4O2S. The molecule has 0 saturated heterocycles. The van der Waals surface area contributed by atoms with Gasteiger partial charge in [0.2, 0.25) is 5.91 Å². The van der Waals surface area contributed by atoms with Gasteiger partial charge in [-0.15, -0.1) is 0 Å². The molecule has 7 heteroatoms. The van der Waals surface area contributed by atoms with E-state index in [0.717, 1.165) is 36.9 Å². The third-order valence-electron chi connectivity index (χ3n) is 5.39. The average Bonchev–Trinajstić information content (AvgIpc) is 2.81. The Bertz CT molecular complexity index is 1080. The number of hydrogen-bond acceptors (Lipinski definition) is 5. The maximum atomic E-state index is 12.3. The SMILES string of the molecule is Cc1ccc(CCCCCCNC(=O)CSc2ncc(Cc3ccc(C)nc3)c(=O)[nH]2)cc1. The molecule has 2 heterocycles. The fourth-order valence-electron chi connectivity index (χ4n) is 3.40. The van der Waals surface area contributed by atoms with Crippen LogP contribution in [0.5, 0.6) is 0 Å². The largest absolute Gasteiger partial charge is 0.355 e. The number of aromatic amines is 1. The minimum Gasteiger partial charge on any atom is -0.355 e. The molecule has 0 atom stereocenters. The van der Waals surface area contributed by atoms with E-state index in [1.165, 1.54) is 29.3 Å². The lowest BCUT2D eigenvalue weighted by atomic mass is 10.0. The molecule has 1 aromatic carbocycles. The Kier molecular flexibility index (Phi) is 9.69. The van der Waals surface area contributed by atoms with Crippen molar-refractivity contribution in [3.05, 3.63) is 87.1 Å². The van der Waals surface area contributed by atoms with E-state index in [4.69, 9.17) is 0 Å². The number of aryl methyl sites for hydroxylation is 3. The highest BCUT2D eigenvalue weighted by atomic mass is 32.2. The molecule has 0 fully saturated rings. The highest BCUT2D eigenvalue weighted by Crippen LogP contribution is 2.12. The third kappa shape index (κ3) is 8.85. The molecule has 3 rings (SSSR count). The van der Waals surface area contributed by atoms with Crippen LogP contribution in [0.15, 0.2) is 58.7 Å². The Balaban J connectivity index is 1.29. The van der Waals surface area contributed by atoms with Gasteiger partial charge in [0.1, 0.15) is 0 Å². The number of benzene rings is 1. The summed E-state index contributed by atoms with van der Waals surface area (Å²) >= 11 is 1.24. The van der Waals surface area contributed by atoms with Crippen LogP contribution >= 0.6 is 11.8 Å². The Morgan fingerprint density at radius 3 is 2.42 bits per heavy atom. The van der Waals surface area contributed by atoms with Crippen LogP contribution in [-0.4, -0.2) is 33.2 Å². The van der Waals surface area contributed by atoms with Crippen molar-refractivity contribution in [2.75, 3.05) is 12.3 Å². The van der Waals surface area contributed by atoms with Gasteiger partial charge in [-0.25, -0.2) is 4.98 Å². The summed E-state index contributed by atoms with van der Waals surface area (Å²) < 4.78 is 0. The van der Waals surface area contributed by atoms with Crippen molar-refractivity contribution in [3.63, 3.8) is 0 Å². The summed E-state index contributed by atoms with van der Waals surface area (Å²) in [5.74, 6) is 0.189. The lowest BCUT2D eigenvalue weighted by Crippen LogP contribution is -2.26. The Labute approximate surface area is 199 Å². The topological polar surface area (TPSA) is 87.7 Å². The van der Waals surface area contributed by atoms with E-state index < -0.39 is 0 Å². The molecule has 0 aliphatic rings. The van der Waals surface area contributed by atoms with Crippen molar-refractivity contribution in [2.45, 2.75) is 57.5 Å². The second kappa shape index (κ2) is 12.9. The molecule has 2 aromatic heterocycles. The minimum absolute atomic E-state index is 0.0443. The van der Waals surface area contributed by atoms with Gasteiger partial charge < -0.3 is 10.3 Å². The Morgan fingerprint density at radius 1 is 0.939 bits per heavy atom. The van der Waals surface area contributed by atoms with E-state index >= 15 is 0 Å². The number of carbonyl (C=O) groups is 1. The van der Waals surface area contributed by atoms with Gasteiger partial charge in [-0.1, -0.05) is 60.5 Å². The van der Waals surface area contributed by atoms with Crippen molar-refractivity contribution in [3.8, 4) is 0 Å². The number of hydrogen-bond donors (Lipinski definition) is 2. The van der Waals surface area contributed by atoms with Crippen LogP contribution in [0.3, 0.4) is 0 Å². The molecule has 0 radical (unpaired) electrons. The van der Waals surface area contributed by atoms with Crippen LogP contribution < -0.4 is 10.9 Å². The van der Waals surface area contributed by atoms with Crippen molar-refractivity contribution in [1.29, 1.82) is 0 Å². The van der Waals surface area contributed by atoms with Gasteiger partial charge in [0, 0.05) is 36.6 Å². The first-order chi connectivity index (χ1) is 16.0. The second-order valence-corrected chi connectivity index (χ2v) is 9.28. The second-order valence-electron chi connectivity index (χ2n) is 8.32. The molecule has 0 unspecified atom stereocenters. The monoisotopic (exact) mass is 464 g/mol. The summed E-state index contributed by atoms with van der Waals surface area (Å²) in [4.78, 5) is 35.7. The molecule has 33 heavy (non-hydrogen) atoms. The number of aromatic nitrogens is 3. The van der Waals surface area contributed by atoms with E-state index in [9.17, 15) is 9.59 Å². The number of H-pyrrole nitrogens is 1. The average molecular weight is 465 g/mol. The summed E-state index contributed by atoms with van der Waals surface area (Å²) in [6.45, 7) is 4.71. The van der Waals surface area contributed by atoms with Crippen LogP contribution in [0.1, 0.15) is 53.6 Å². The maximum absolute atomic E-state index is 12.3. The van der Waals surface area contributed by atoms with Crippen molar-refractivity contribution in [1.82, 2.24) is 20.3 Å². The van der Waals surface area contributed by atoms with E-state index in [-0.39, 0.29) is 17.2 Å². The number of nitrogens with zero attached hydrogens (tertiary/aromatic N) is 2. The summed E-state index contributed by atoms with van der Waals surface area (Å²) in [6, 6.07) is 12.6. The number of amides is 1. The fraction of sp³-hybridized carbons (Fsp3) is 0.385. The predicted octanol–water partition coefficient (Wildman–Crippen LogP) is 4.38. The highest BCUT2D eigenvalue weighted by Gasteiger charge is 2.08.